The first-order valence-electron chi connectivity index (χ1n) is 8.25. The number of hydrogen-bond donors (Lipinski definition) is 2. The van der Waals surface area contributed by atoms with Crippen LogP contribution in [0.1, 0.15) is 25.8 Å². The van der Waals surface area contributed by atoms with Gasteiger partial charge in [0.15, 0.2) is 0 Å². The highest BCUT2D eigenvalue weighted by molar-refractivity contribution is 7.16. The van der Waals surface area contributed by atoms with E-state index in [0.29, 0.717) is 24.2 Å². The highest BCUT2D eigenvalue weighted by Gasteiger charge is 2.23. The SMILES string of the molecule is COC[C@@H](CC(C)C)N=C1NC(=O)/C(=C/c2ccc3scnc3c2)N1. The number of methoxy groups -OCH3 is 1. The Morgan fingerprint density at radius 3 is 2.96 bits per heavy atom. The van der Waals surface area contributed by atoms with Crippen LogP contribution in [-0.4, -0.2) is 36.6 Å². The number of nitrogens with one attached hydrogen (secondary N) is 2. The number of ether oxygens (including phenoxy) is 1. The molecule has 0 unspecified atom stereocenters. The molecule has 1 amide bonds. The molecule has 1 aromatic carbocycles. The fraction of sp³-hybridized carbons (Fsp3) is 0.389. The van der Waals surface area contributed by atoms with Crippen molar-refractivity contribution in [3.8, 4) is 0 Å². The molecule has 132 valence electrons. The van der Waals surface area contributed by atoms with E-state index in [-0.39, 0.29) is 11.9 Å². The van der Waals surface area contributed by atoms with Gasteiger partial charge >= 0.3 is 0 Å². The molecular formula is C18H22N4O2S. The van der Waals surface area contributed by atoms with E-state index in [1.54, 1.807) is 18.4 Å². The lowest BCUT2D eigenvalue weighted by Crippen LogP contribution is -2.29. The number of carbonyl (C=O) groups is 1. The number of benzene rings is 1. The minimum Gasteiger partial charge on any atom is -0.382 e. The number of carbonyl (C=O) groups excluding carboxylic acids is 1. The predicted octanol–water partition coefficient (Wildman–Crippen LogP) is 2.77. The summed E-state index contributed by atoms with van der Waals surface area (Å²) < 4.78 is 6.36. The van der Waals surface area contributed by atoms with Crippen LogP contribution in [0.15, 0.2) is 34.4 Å². The van der Waals surface area contributed by atoms with Gasteiger partial charge in [0.2, 0.25) is 5.96 Å². The van der Waals surface area contributed by atoms with Gasteiger partial charge in [-0.25, -0.2) is 9.98 Å². The van der Waals surface area contributed by atoms with Crippen molar-refractivity contribution in [2.75, 3.05) is 13.7 Å². The van der Waals surface area contributed by atoms with Gasteiger partial charge in [-0.2, -0.15) is 0 Å². The molecular weight excluding hydrogens is 336 g/mol. The number of rotatable bonds is 6. The molecule has 7 heteroatoms. The molecule has 1 aliphatic heterocycles. The number of thiazole rings is 1. The third-order valence-corrected chi connectivity index (χ3v) is 4.62. The molecule has 0 aliphatic carbocycles. The van der Waals surface area contributed by atoms with Crippen molar-refractivity contribution in [2.45, 2.75) is 26.3 Å². The van der Waals surface area contributed by atoms with Gasteiger partial charge in [0.1, 0.15) is 5.70 Å². The molecule has 0 radical (unpaired) electrons. The summed E-state index contributed by atoms with van der Waals surface area (Å²) in [5.74, 6) is 0.799. The zero-order valence-electron chi connectivity index (χ0n) is 14.6. The second-order valence-corrected chi connectivity index (χ2v) is 7.32. The van der Waals surface area contributed by atoms with Gasteiger partial charge in [0, 0.05) is 7.11 Å². The molecule has 0 bridgehead atoms. The van der Waals surface area contributed by atoms with Crippen molar-refractivity contribution < 1.29 is 9.53 Å². The first-order chi connectivity index (χ1) is 12.0. The summed E-state index contributed by atoms with van der Waals surface area (Å²) in [4.78, 5) is 21.1. The van der Waals surface area contributed by atoms with E-state index in [9.17, 15) is 4.79 Å². The van der Waals surface area contributed by atoms with Gasteiger partial charge in [-0.15, -0.1) is 11.3 Å². The lowest BCUT2D eigenvalue weighted by atomic mass is 10.1. The third-order valence-electron chi connectivity index (χ3n) is 3.81. The number of guanidine groups is 1. The molecule has 3 rings (SSSR count). The topological polar surface area (TPSA) is 75.6 Å². The lowest BCUT2D eigenvalue weighted by Gasteiger charge is -2.14. The van der Waals surface area contributed by atoms with E-state index in [1.165, 1.54) is 0 Å². The average Bonchev–Trinajstić information content (AvgIpc) is 3.13. The number of aliphatic imine (C=N–C) groups is 1. The zero-order valence-corrected chi connectivity index (χ0v) is 15.4. The number of fused-ring (bicyclic) bond motifs is 1. The highest BCUT2D eigenvalue weighted by atomic mass is 32.1. The first-order valence-corrected chi connectivity index (χ1v) is 9.13. The second-order valence-electron chi connectivity index (χ2n) is 6.43. The molecule has 1 atom stereocenters. The summed E-state index contributed by atoms with van der Waals surface area (Å²) in [7, 11) is 1.66. The van der Waals surface area contributed by atoms with Gasteiger partial charge in [0.25, 0.3) is 5.91 Å². The average molecular weight is 358 g/mol. The van der Waals surface area contributed by atoms with Crippen LogP contribution in [-0.2, 0) is 9.53 Å². The molecule has 1 fully saturated rings. The fourth-order valence-corrected chi connectivity index (χ4v) is 3.42. The Morgan fingerprint density at radius 2 is 2.20 bits per heavy atom. The normalized spacial score (nSPS) is 19.0. The molecule has 1 aromatic heterocycles. The van der Waals surface area contributed by atoms with Crippen molar-refractivity contribution in [3.05, 3.63) is 35.0 Å². The van der Waals surface area contributed by atoms with E-state index >= 15 is 0 Å². The summed E-state index contributed by atoms with van der Waals surface area (Å²) in [5, 5.41) is 5.85. The van der Waals surface area contributed by atoms with Crippen LogP contribution in [0.4, 0.5) is 0 Å². The number of hydrogen-bond acceptors (Lipinski definition) is 5. The smallest absolute Gasteiger partial charge is 0.274 e. The Hall–Kier alpha value is -2.25. The molecule has 0 spiro atoms. The van der Waals surface area contributed by atoms with E-state index < -0.39 is 0 Å². The monoisotopic (exact) mass is 358 g/mol. The zero-order chi connectivity index (χ0) is 17.8. The number of nitrogens with zero attached hydrogens (tertiary/aromatic N) is 2. The first kappa shape index (κ1) is 17.6. The molecule has 2 aromatic rings. The Labute approximate surface area is 151 Å². The molecule has 1 aliphatic rings. The number of aromatic nitrogens is 1. The van der Waals surface area contributed by atoms with Gasteiger partial charge in [-0.05, 0) is 36.1 Å². The largest absolute Gasteiger partial charge is 0.382 e. The highest BCUT2D eigenvalue weighted by Crippen LogP contribution is 2.20. The Bertz CT molecular complexity index is 825. The van der Waals surface area contributed by atoms with Gasteiger partial charge in [-0.1, -0.05) is 19.9 Å². The van der Waals surface area contributed by atoms with Gasteiger partial charge < -0.3 is 10.1 Å². The summed E-state index contributed by atoms with van der Waals surface area (Å²) in [6.07, 6.45) is 2.71. The Balaban J connectivity index is 1.77. The lowest BCUT2D eigenvalue weighted by molar-refractivity contribution is -0.115. The van der Waals surface area contributed by atoms with Crippen LogP contribution in [0.25, 0.3) is 16.3 Å². The predicted molar refractivity (Wildman–Crippen MR) is 101 cm³/mol. The molecule has 25 heavy (non-hydrogen) atoms. The van der Waals surface area contributed by atoms with Crippen LogP contribution in [0.2, 0.25) is 0 Å². The van der Waals surface area contributed by atoms with Gasteiger partial charge in [0.05, 0.1) is 28.4 Å². The standard InChI is InChI=1S/C18H22N4O2S/c1-11(2)6-13(9-24-3)20-18-21-15(17(23)22-18)8-12-4-5-16-14(7-12)19-10-25-16/h4-5,7-8,10-11,13H,6,9H2,1-3H3,(H2,20,21,22,23)/b15-8-/t13-/m1/s1. The van der Waals surface area contributed by atoms with Crippen molar-refractivity contribution >= 4 is 39.5 Å². The quantitative estimate of drug-likeness (QED) is 0.779. The molecule has 2 N–H and O–H groups in total. The van der Waals surface area contributed by atoms with Crippen molar-refractivity contribution in [1.82, 2.24) is 15.6 Å². The Kier molecular flexibility index (Phi) is 5.45. The Morgan fingerprint density at radius 1 is 1.36 bits per heavy atom. The van der Waals surface area contributed by atoms with Crippen LogP contribution < -0.4 is 10.6 Å². The van der Waals surface area contributed by atoms with Crippen LogP contribution >= 0.6 is 11.3 Å². The maximum atomic E-state index is 12.2. The molecule has 0 saturated carbocycles. The minimum absolute atomic E-state index is 0.0125. The van der Waals surface area contributed by atoms with E-state index in [1.807, 2.05) is 29.8 Å². The van der Waals surface area contributed by atoms with Crippen LogP contribution in [0.3, 0.4) is 0 Å². The maximum absolute atomic E-state index is 12.2. The van der Waals surface area contributed by atoms with E-state index in [2.05, 4.69) is 34.5 Å². The molecule has 6 nitrogen and oxygen atoms in total. The second kappa shape index (κ2) is 7.76. The third kappa shape index (κ3) is 4.43. The maximum Gasteiger partial charge on any atom is 0.274 e. The van der Waals surface area contributed by atoms with Crippen molar-refractivity contribution in [3.63, 3.8) is 0 Å². The minimum atomic E-state index is -0.183. The van der Waals surface area contributed by atoms with Gasteiger partial charge in [-0.3, -0.25) is 10.1 Å². The van der Waals surface area contributed by atoms with Crippen molar-refractivity contribution in [1.29, 1.82) is 0 Å². The summed E-state index contributed by atoms with van der Waals surface area (Å²) in [6.45, 7) is 4.81. The summed E-state index contributed by atoms with van der Waals surface area (Å²) in [6, 6.07) is 5.97. The number of amides is 1. The van der Waals surface area contributed by atoms with Crippen molar-refractivity contribution in [2.24, 2.45) is 10.9 Å². The molecule has 1 saturated heterocycles. The van der Waals surface area contributed by atoms with E-state index in [0.717, 1.165) is 22.2 Å². The van der Waals surface area contributed by atoms with Crippen LogP contribution in [0, 0.1) is 5.92 Å². The van der Waals surface area contributed by atoms with E-state index in [4.69, 9.17) is 4.74 Å². The summed E-state index contributed by atoms with van der Waals surface area (Å²) in [5.41, 5.74) is 4.16. The summed E-state index contributed by atoms with van der Waals surface area (Å²) >= 11 is 1.60. The fourth-order valence-electron chi connectivity index (χ4n) is 2.77. The van der Waals surface area contributed by atoms with Crippen LogP contribution in [0.5, 0.6) is 0 Å². The molecule has 2 heterocycles.